The van der Waals surface area contributed by atoms with Crippen molar-refractivity contribution in [1.29, 1.82) is 0 Å². The highest BCUT2D eigenvalue weighted by Gasteiger charge is 2.08. The zero-order chi connectivity index (χ0) is 15.8. The minimum atomic E-state index is -0.885. The number of carbonyl (C=O) groups is 1. The molecule has 0 radical (unpaired) electrons. The Balaban J connectivity index is 1.78. The second kappa shape index (κ2) is 7.53. The number of ether oxygens (including phenoxy) is 2. The van der Waals surface area contributed by atoms with E-state index in [0.717, 1.165) is 5.56 Å². The largest absolute Gasteiger partial charge is 0.514 e. The van der Waals surface area contributed by atoms with Gasteiger partial charge in [-0.25, -0.2) is 4.79 Å². The smallest absolute Gasteiger partial charge is 0.430 e. The third-order valence-electron chi connectivity index (χ3n) is 2.54. The topological polar surface area (TPSA) is 91.6 Å². The molecule has 1 aromatic carbocycles. The molecule has 2 rings (SSSR count). The lowest BCUT2D eigenvalue weighted by molar-refractivity contribution is -0.384. The van der Waals surface area contributed by atoms with Crippen molar-refractivity contribution in [1.82, 2.24) is 4.98 Å². The molecule has 0 aliphatic carbocycles. The normalized spacial score (nSPS) is 10.4. The molecule has 112 valence electrons. The lowest BCUT2D eigenvalue weighted by atomic mass is 10.3. The van der Waals surface area contributed by atoms with Crippen molar-refractivity contribution in [3.05, 3.63) is 70.5 Å². The molecule has 0 spiro atoms. The first-order valence-corrected chi connectivity index (χ1v) is 6.31. The van der Waals surface area contributed by atoms with Gasteiger partial charge in [-0.15, -0.1) is 0 Å². The van der Waals surface area contributed by atoms with Gasteiger partial charge in [0, 0.05) is 24.5 Å². The molecule has 0 saturated heterocycles. The first kappa shape index (κ1) is 15.2. The van der Waals surface area contributed by atoms with Gasteiger partial charge in [-0.1, -0.05) is 12.1 Å². The summed E-state index contributed by atoms with van der Waals surface area (Å²) in [5.41, 5.74) is 0.801. The van der Waals surface area contributed by atoms with Gasteiger partial charge in [0.05, 0.1) is 4.92 Å². The van der Waals surface area contributed by atoms with Crippen LogP contribution in [0.2, 0.25) is 0 Å². The van der Waals surface area contributed by atoms with E-state index in [-0.39, 0.29) is 18.0 Å². The van der Waals surface area contributed by atoms with Crippen molar-refractivity contribution < 1.29 is 19.2 Å². The third-order valence-corrected chi connectivity index (χ3v) is 2.54. The van der Waals surface area contributed by atoms with E-state index in [1.54, 1.807) is 30.6 Å². The standard InChI is InChI=1S/C15H12N2O5/c18-15(21-10-2-4-12-3-1-9-16-11-12)22-14-7-5-13(6-8-14)17(19)20/h1-9,11H,10H2. The van der Waals surface area contributed by atoms with Crippen molar-refractivity contribution in [2.24, 2.45) is 0 Å². The quantitative estimate of drug-likeness (QED) is 0.364. The monoisotopic (exact) mass is 300 g/mol. The van der Waals surface area contributed by atoms with Crippen LogP contribution in [0, 0.1) is 10.1 Å². The number of pyridine rings is 1. The number of rotatable bonds is 5. The molecule has 0 saturated carbocycles. The summed E-state index contributed by atoms with van der Waals surface area (Å²) >= 11 is 0. The number of hydrogen-bond acceptors (Lipinski definition) is 6. The van der Waals surface area contributed by atoms with Crippen molar-refractivity contribution in [3.63, 3.8) is 0 Å². The van der Waals surface area contributed by atoms with Gasteiger partial charge in [0.1, 0.15) is 12.4 Å². The first-order chi connectivity index (χ1) is 10.6. The maximum Gasteiger partial charge on any atom is 0.514 e. The van der Waals surface area contributed by atoms with E-state index in [4.69, 9.17) is 9.47 Å². The highest BCUT2D eigenvalue weighted by atomic mass is 16.7. The van der Waals surface area contributed by atoms with Crippen molar-refractivity contribution in [2.75, 3.05) is 6.61 Å². The van der Waals surface area contributed by atoms with E-state index in [1.807, 2.05) is 6.07 Å². The van der Waals surface area contributed by atoms with Gasteiger partial charge in [-0.3, -0.25) is 15.1 Å². The van der Waals surface area contributed by atoms with Crippen LogP contribution in [0.4, 0.5) is 10.5 Å². The molecule has 7 heteroatoms. The fourth-order valence-corrected chi connectivity index (χ4v) is 1.54. The van der Waals surface area contributed by atoms with Crippen LogP contribution in [0.5, 0.6) is 5.75 Å². The van der Waals surface area contributed by atoms with Crippen LogP contribution < -0.4 is 4.74 Å². The van der Waals surface area contributed by atoms with Crippen molar-refractivity contribution in [3.8, 4) is 5.75 Å². The second-order valence-electron chi connectivity index (χ2n) is 4.10. The minimum absolute atomic E-state index is 0.0424. The molecule has 0 aliphatic rings. The maximum atomic E-state index is 11.4. The van der Waals surface area contributed by atoms with Crippen LogP contribution in [0.1, 0.15) is 5.56 Å². The number of carbonyl (C=O) groups excluding carboxylic acids is 1. The average molecular weight is 300 g/mol. The molecular formula is C15H12N2O5. The highest BCUT2D eigenvalue weighted by Crippen LogP contribution is 2.17. The molecule has 0 amide bonds. The molecule has 0 N–H and O–H groups in total. The number of benzene rings is 1. The van der Waals surface area contributed by atoms with Crippen LogP contribution in [-0.4, -0.2) is 22.7 Å². The summed E-state index contributed by atoms with van der Waals surface area (Å²) in [5, 5.41) is 10.5. The fourth-order valence-electron chi connectivity index (χ4n) is 1.54. The Morgan fingerprint density at radius 1 is 1.27 bits per heavy atom. The molecule has 22 heavy (non-hydrogen) atoms. The van der Waals surface area contributed by atoms with Crippen LogP contribution in [0.15, 0.2) is 54.9 Å². The SMILES string of the molecule is O=C(OCC=Cc1cccnc1)Oc1ccc([N+](=O)[O-])cc1. The Morgan fingerprint density at radius 2 is 2.05 bits per heavy atom. The van der Waals surface area contributed by atoms with Crippen LogP contribution in [0.25, 0.3) is 6.08 Å². The Bertz CT molecular complexity index is 668. The summed E-state index contributed by atoms with van der Waals surface area (Å²) in [6.07, 6.45) is 5.85. The summed E-state index contributed by atoms with van der Waals surface area (Å²) in [6, 6.07) is 8.79. The van der Waals surface area contributed by atoms with Gasteiger partial charge in [-0.05, 0) is 29.8 Å². The molecule has 0 fully saturated rings. The highest BCUT2D eigenvalue weighted by molar-refractivity contribution is 5.64. The molecule has 1 aromatic heterocycles. The minimum Gasteiger partial charge on any atom is -0.430 e. The maximum absolute atomic E-state index is 11.4. The summed E-state index contributed by atoms with van der Waals surface area (Å²) in [4.78, 5) is 25.3. The number of nitro benzene ring substituents is 1. The lowest BCUT2D eigenvalue weighted by Gasteiger charge is -2.03. The van der Waals surface area contributed by atoms with Crippen molar-refractivity contribution in [2.45, 2.75) is 0 Å². The summed E-state index contributed by atoms with van der Waals surface area (Å²) in [6.45, 7) is 0.0424. The first-order valence-electron chi connectivity index (χ1n) is 6.31. The molecule has 0 unspecified atom stereocenters. The number of non-ortho nitro benzene ring substituents is 1. The van der Waals surface area contributed by atoms with E-state index in [1.165, 1.54) is 24.3 Å². The Morgan fingerprint density at radius 3 is 2.68 bits per heavy atom. The molecule has 0 bridgehead atoms. The van der Waals surface area contributed by atoms with E-state index in [0.29, 0.717) is 0 Å². The number of hydrogen-bond donors (Lipinski definition) is 0. The second-order valence-corrected chi connectivity index (χ2v) is 4.10. The third kappa shape index (κ3) is 4.71. The van der Waals surface area contributed by atoms with Gasteiger partial charge in [0.25, 0.3) is 5.69 Å². The van der Waals surface area contributed by atoms with Crippen LogP contribution in [0.3, 0.4) is 0 Å². The van der Waals surface area contributed by atoms with Crippen molar-refractivity contribution >= 4 is 17.9 Å². The lowest BCUT2D eigenvalue weighted by Crippen LogP contribution is -2.10. The molecular weight excluding hydrogens is 288 g/mol. The molecule has 0 aliphatic heterocycles. The van der Waals surface area contributed by atoms with Gasteiger partial charge in [-0.2, -0.15) is 0 Å². The van der Waals surface area contributed by atoms with E-state index in [2.05, 4.69) is 4.98 Å². The van der Waals surface area contributed by atoms with Crippen LogP contribution >= 0.6 is 0 Å². The van der Waals surface area contributed by atoms with Gasteiger partial charge >= 0.3 is 6.16 Å². The fraction of sp³-hybridized carbons (Fsp3) is 0.0667. The molecule has 0 atom stereocenters. The predicted molar refractivity (Wildman–Crippen MR) is 78.3 cm³/mol. The molecule has 1 heterocycles. The summed E-state index contributed by atoms with van der Waals surface area (Å²) in [5.74, 6) is 0.173. The van der Waals surface area contributed by atoms with Gasteiger partial charge < -0.3 is 9.47 Å². The zero-order valence-electron chi connectivity index (χ0n) is 11.4. The average Bonchev–Trinajstić information content (AvgIpc) is 2.53. The number of nitro groups is 1. The number of aromatic nitrogens is 1. The summed E-state index contributed by atoms with van der Waals surface area (Å²) < 4.78 is 9.71. The van der Waals surface area contributed by atoms with E-state index in [9.17, 15) is 14.9 Å². The number of nitrogens with zero attached hydrogens (tertiary/aromatic N) is 2. The summed E-state index contributed by atoms with van der Waals surface area (Å²) in [7, 11) is 0. The Kier molecular flexibility index (Phi) is 5.20. The van der Waals surface area contributed by atoms with Gasteiger partial charge in [0.2, 0.25) is 0 Å². The molecule has 2 aromatic rings. The van der Waals surface area contributed by atoms with E-state index >= 15 is 0 Å². The van der Waals surface area contributed by atoms with Crippen LogP contribution in [-0.2, 0) is 4.74 Å². The van der Waals surface area contributed by atoms with E-state index < -0.39 is 11.1 Å². The zero-order valence-corrected chi connectivity index (χ0v) is 11.4. The van der Waals surface area contributed by atoms with Gasteiger partial charge in [0.15, 0.2) is 0 Å². The Labute approximate surface area is 126 Å². The molecule has 7 nitrogen and oxygen atoms in total. The predicted octanol–water partition coefficient (Wildman–Crippen LogP) is 3.22. The Hall–Kier alpha value is -3.22.